The Kier molecular flexibility index (Phi) is 1.31. The van der Waals surface area contributed by atoms with Crippen LogP contribution in [0.2, 0.25) is 0 Å². The van der Waals surface area contributed by atoms with E-state index in [0.717, 1.165) is 12.4 Å². The molecule has 6 nitrogen and oxygen atoms in total. The van der Waals surface area contributed by atoms with Gasteiger partial charge in [0.25, 0.3) is 0 Å². The minimum Gasteiger partial charge on any atom is -0.411 e. The molecule has 1 aromatic heterocycles. The molecule has 1 heterocycles. The van der Waals surface area contributed by atoms with Crippen molar-refractivity contribution in [3.8, 4) is 0 Å². The minimum atomic E-state index is 0.0532. The molecule has 0 amide bonds. The Balaban J connectivity index is 2.94. The van der Waals surface area contributed by atoms with Crippen LogP contribution >= 0.6 is 0 Å². The second kappa shape index (κ2) is 2.12. The van der Waals surface area contributed by atoms with Crippen LogP contribution in [0.25, 0.3) is 0 Å². The molecule has 48 valence electrons. The molecule has 0 spiro atoms. The highest BCUT2D eigenvalue weighted by molar-refractivity contribution is 5.73. The van der Waals surface area contributed by atoms with Gasteiger partial charge in [-0.2, -0.15) is 0 Å². The third-order valence-electron chi connectivity index (χ3n) is 0.707. The summed E-state index contributed by atoms with van der Waals surface area (Å²) in [7, 11) is 0. The predicted octanol–water partition coefficient (Wildman–Crippen LogP) is -0.884. The molecule has 0 aliphatic carbocycles. The molecule has 0 fully saturated rings. The van der Waals surface area contributed by atoms with Crippen molar-refractivity contribution in [2.45, 2.75) is 0 Å². The first kappa shape index (κ1) is 5.54. The molecule has 0 saturated carbocycles. The zero-order valence-corrected chi connectivity index (χ0v) is 4.26. The monoisotopic (exact) mass is 129 g/mol. The van der Waals surface area contributed by atoms with Crippen LogP contribution in [0.5, 0.6) is 0 Å². The quantitative estimate of drug-likeness (QED) is 0.231. The lowest BCUT2D eigenvalue weighted by molar-refractivity contribution is -0.803. The van der Waals surface area contributed by atoms with E-state index in [1.165, 1.54) is 0 Å². The van der Waals surface area contributed by atoms with Crippen LogP contribution in [0.1, 0.15) is 5.69 Å². The van der Waals surface area contributed by atoms with Crippen molar-refractivity contribution in [3.63, 3.8) is 0 Å². The summed E-state index contributed by atoms with van der Waals surface area (Å²) < 4.78 is 4.03. The van der Waals surface area contributed by atoms with Crippen LogP contribution in [0.4, 0.5) is 0 Å². The summed E-state index contributed by atoms with van der Waals surface area (Å²) in [6.45, 7) is 0. The Hall–Kier alpha value is -1.59. The molecule has 0 atom stereocenters. The summed E-state index contributed by atoms with van der Waals surface area (Å²) in [5.74, 6) is 0. The summed E-state index contributed by atoms with van der Waals surface area (Å²) in [5, 5.41) is 23.9. The maximum Gasteiger partial charge on any atom is 0.239 e. The van der Waals surface area contributed by atoms with Crippen molar-refractivity contribution < 1.29 is 14.7 Å². The van der Waals surface area contributed by atoms with Gasteiger partial charge in [-0.05, 0) is 4.90 Å². The average molecular weight is 129 g/mol. The van der Waals surface area contributed by atoms with Crippen LogP contribution in [0.15, 0.2) is 16.0 Å². The smallest absolute Gasteiger partial charge is 0.239 e. The highest BCUT2D eigenvalue weighted by atomic mass is 16.8. The molecule has 0 unspecified atom stereocenters. The molecule has 0 aromatic carbocycles. The van der Waals surface area contributed by atoms with E-state index in [1.807, 2.05) is 0 Å². The maximum absolute atomic E-state index is 10.3. The van der Waals surface area contributed by atoms with Crippen LogP contribution in [-0.4, -0.2) is 16.6 Å². The van der Waals surface area contributed by atoms with E-state index in [2.05, 4.69) is 14.9 Å². The van der Waals surface area contributed by atoms with Gasteiger partial charge >= 0.3 is 0 Å². The Morgan fingerprint density at radius 2 is 2.78 bits per heavy atom. The van der Waals surface area contributed by atoms with Crippen molar-refractivity contribution in [1.29, 1.82) is 0 Å². The molecule has 6 heteroatoms. The third kappa shape index (κ3) is 0.958. The number of rotatable bonds is 1. The number of nitrogens with zero attached hydrogens (tertiary/aromatic N) is 3. The van der Waals surface area contributed by atoms with Gasteiger partial charge in [-0.15, -0.1) is 0 Å². The second-order valence-corrected chi connectivity index (χ2v) is 1.24. The molecule has 0 aliphatic rings. The minimum absolute atomic E-state index is 0.0532. The van der Waals surface area contributed by atoms with E-state index >= 15 is 0 Å². The van der Waals surface area contributed by atoms with Crippen LogP contribution in [-0.2, 0) is 0 Å². The van der Waals surface area contributed by atoms with Crippen molar-refractivity contribution in [2.24, 2.45) is 5.16 Å². The van der Waals surface area contributed by atoms with Crippen molar-refractivity contribution in [1.82, 2.24) is 5.16 Å². The lowest BCUT2D eigenvalue weighted by atomic mass is 10.5. The van der Waals surface area contributed by atoms with E-state index in [0.29, 0.717) is 0 Å². The zero-order chi connectivity index (χ0) is 6.69. The predicted molar refractivity (Wildman–Crippen MR) is 24.8 cm³/mol. The van der Waals surface area contributed by atoms with Gasteiger partial charge in [0.2, 0.25) is 11.9 Å². The summed E-state index contributed by atoms with van der Waals surface area (Å²) in [6.07, 6.45) is 2.05. The van der Waals surface area contributed by atoms with E-state index in [4.69, 9.17) is 5.21 Å². The van der Waals surface area contributed by atoms with Crippen molar-refractivity contribution >= 4 is 6.21 Å². The Labute approximate surface area is 49.5 Å². The van der Waals surface area contributed by atoms with E-state index in [1.54, 1.807) is 0 Å². The van der Waals surface area contributed by atoms with Gasteiger partial charge in [-0.25, -0.2) is 0 Å². The molecular formula is C3H3N3O3. The average Bonchev–Trinajstić information content (AvgIpc) is 2.18. The highest BCUT2D eigenvalue weighted by Crippen LogP contribution is 1.79. The molecule has 1 rings (SSSR count). The van der Waals surface area contributed by atoms with Gasteiger partial charge in [-0.1, -0.05) is 5.16 Å². The number of hydrogen-bond donors (Lipinski definition) is 1. The fraction of sp³-hybridized carbons (Fsp3) is 0. The largest absolute Gasteiger partial charge is 0.411 e. The summed E-state index contributed by atoms with van der Waals surface area (Å²) in [5.41, 5.74) is 0.0532. The van der Waals surface area contributed by atoms with Gasteiger partial charge in [0.05, 0.1) is 0 Å². The standard InChI is InChI=1S/C3H3N3O3/c7-4-1-3-2-5-9-6(3)8/h1-2,7H. The molecule has 1 aromatic rings. The number of oxime groups is 1. The van der Waals surface area contributed by atoms with Crippen molar-refractivity contribution in [2.75, 3.05) is 0 Å². The van der Waals surface area contributed by atoms with Crippen LogP contribution in [0.3, 0.4) is 0 Å². The highest BCUT2D eigenvalue weighted by Gasteiger charge is 2.01. The molecular weight excluding hydrogens is 126 g/mol. The number of hydrogen-bond acceptors (Lipinski definition) is 5. The number of aromatic nitrogens is 2. The molecule has 0 radical (unpaired) electrons. The fourth-order valence-electron chi connectivity index (χ4n) is 0.354. The zero-order valence-electron chi connectivity index (χ0n) is 4.26. The lowest BCUT2D eigenvalue weighted by Gasteiger charge is -1.82. The fourth-order valence-corrected chi connectivity index (χ4v) is 0.354. The molecule has 0 saturated heterocycles. The first-order valence-electron chi connectivity index (χ1n) is 2.07. The first-order chi connectivity index (χ1) is 4.34. The summed E-state index contributed by atoms with van der Waals surface area (Å²) >= 11 is 0. The van der Waals surface area contributed by atoms with Crippen LogP contribution in [0, 0.1) is 5.21 Å². The summed E-state index contributed by atoms with van der Waals surface area (Å²) in [4.78, 5) is 0.125. The van der Waals surface area contributed by atoms with Gasteiger partial charge in [0, 0.05) is 5.16 Å². The normalized spacial score (nSPS) is 10.7. The third-order valence-corrected chi connectivity index (χ3v) is 0.707. The lowest BCUT2D eigenvalue weighted by Crippen LogP contribution is -2.27. The Morgan fingerprint density at radius 3 is 3.22 bits per heavy atom. The van der Waals surface area contributed by atoms with Crippen LogP contribution < -0.4 is 4.90 Å². The van der Waals surface area contributed by atoms with Gasteiger partial charge in [-0.3, -0.25) is 4.63 Å². The van der Waals surface area contributed by atoms with E-state index < -0.39 is 0 Å². The van der Waals surface area contributed by atoms with Gasteiger partial charge in [0.15, 0.2) is 0 Å². The van der Waals surface area contributed by atoms with Crippen molar-refractivity contribution in [3.05, 3.63) is 17.1 Å². The molecule has 1 N–H and O–H groups in total. The SMILES string of the molecule is [O-][n+]1oncc1C=NO. The first-order valence-corrected chi connectivity index (χ1v) is 2.07. The Bertz CT molecular complexity index is 218. The molecule has 9 heavy (non-hydrogen) atoms. The second-order valence-electron chi connectivity index (χ2n) is 1.24. The topological polar surface area (TPSA) is 85.6 Å². The summed E-state index contributed by atoms with van der Waals surface area (Å²) in [6, 6.07) is 0. The van der Waals surface area contributed by atoms with E-state index in [-0.39, 0.29) is 10.6 Å². The Morgan fingerprint density at radius 1 is 2.00 bits per heavy atom. The van der Waals surface area contributed by atoms with Gasteiger partial charge in [0.1, 0.15) is 6.21 Å². The van der Waals surface area contributed by atoms with E-state index in [9.17, 15) is 5.21 Å². The van der Waals surface area contributed by atoms with Gasteiger partial charge < -0.3 is 10.4 Å². The molecule has 0 aliphatic heterocycles. The molecule has 0 bridgehead atoms. The maximum atomic E-state index is 10.3.